The largest absolute Gasteiger partial charge is 0.354 e. The second-order valence-electron chi connectivity index (χ2n) is 7.71. The van der Waals surface area contributed by atoms with E-state index in [2.05, 4.69) is 26.6 Å². The van der Waals surface area contributed by atoms with E-state index in [9.17, 15) is 9.18 Å². The van der Waals surface area contributed by atoms with Crippen LogP contribution in [-0.4, -0.2) is 61.4 Å². The standard InChI is InChI=1S/C22H30FN5OS/c1-27(2)21(29)15-25-22(24-14-20-4-3-13-30-20)26-19-9-11-28(12-10-19)16-17-5-7-18(23)8-6-17/h3-8,13,19H,9-12,14-16H2,1-2H3,(H2,24,25,26). The van der Waals surface area contributed by atoms with Crippen LogP contribution in [0.4, 0.5) is 4.39 Å². The minimum Gasteiger partial charge on any atom is -0.354 e. The molecule has 1 aromatic carbocycles. The lowest BCUT2D eigenvalue weighted by Crippen LogP contribution is -2.48. The number of hydrogen-bond donors (Lipinski definition) is 2. The first-order chi connectivity index (χ1) is 14.5. The van der Waals surface area contributed by atoms with Crippen LogP contribution in [0.1, 0.15) is 23.3 Å². The van der Waals surface area contributed by atoms with E-state index in [4.69, 9.17) is 0 Å². The van der Waals surface area contributed by atoms with Crippen molar-refractivity contribution in [3.63, 3.8) is 0 Å². The van der Waals surface area contributed by atoms with Gasteiger partial charge in [0.25, 0.3) is 0 Å². The molecule has 0 saturated carbocycles. The molecule has 162 valence electrons. The molecule has 1 aromatic heterocycles. The number of guanidine groups is 1. The van der Waals surface area contributed by atoms with E-state index in [0.717, 1.165) is 38.0 Å². The van der Waals surface area contributed by atoms with Gasteiger partial charge in [-0.2, -0.15) is 0 Å². The van der Waals surface area contributed by atoms with Crippen LogP contribution in [0, 0.1) is 5.82 Å². The van der Waals surface area contributed by atoms with Gasteiger partial charge in [0.05, 0.1) is 6.54 Å². The molecule has 2 N–H and O–H groups in total. The molecular weight excluding hydrogens is 401 g/mol. The highest BCUT2D eigenvalue weighted by atomic mass is 32.1. The number of benzene rings is 1. The number of carbonyl (C=O) groups excluding carboxylic acids is 1. The fourth-order valence-electron chi connectivity index (χ4n) is 3.30. The summed E-state index contributed by atoms with van der Waals surface area (Å²) in [6.45, 7) is 3.56. The third kappa shape index (κ3) is 7.11. The van der Waals surface area contributed by atoms with Crippen molar-refractivity contribution in [2.75, 3.05) is 33.7 Å². The first-order valence-electron chi connectivity index (χ1n) is 10.2. The second-order valence-corrected chi connectivity index (χ2v) is 8.74. The van der Waals surface area contributed by atoms with E-state index < -0.39 is 0 Å². The number of carbonyl (C=O) groups is 1. The summed E-state index contributed by atoms with van der Waals surface area (Å²) >= 11 is 1.69. The van der Waals surface area contributed by atoms with Gasteiger partial charge in [-0.1, -0.05) is 18.2 Å². The zero-order valence-corrected chi connectivity index (χ0v) is 18.4. The van der Waals surface area contributed by atoms with Crippen molar-refractivity contribution in [1.82, 2.24) is 20.4 Å². The molecule has 0 bridgehead atoms. The maximum Gasteiger partial charge on any atom is 0.243 e. The third-order valence-corrected chi connectivity index (χ3v) is 6.01. The molecular formula is C22H30FN5OS. The summed E-state index contributed by atoms with van der Waals surface area (Å²) < 4.78 is 13.1. The first-order valence-corrected chi connectivity index (χ1v) is 11.1. The van der Waals surface area contributed by atoms with Crippen LogP contribution in [0.2, 0.25) is 0 Å². The second kappa shape index (κ2) is 11.1. The van der Waals surface area contributed by atoms with E-state index in [0.29, 0.717) is 18.5 Å². The number of likely N-dealkylation sites (tertiary alicyclic amines) is 1. The third-order valence-electron chi connectivity index (χ3n) is 5.13. The van der Waals surface area contributed by atoms with Crippen molar-refractivity contribution in [2.45, 2.75) is 32.0 Å². The number of rotatable bonds is 7. The molecule has 30 heavy (non-hydrogen) atoms. The van der Waals surface area contributed by atoms with Gasteiger partial charge in [0.2, 0.25) is 5.91 Å². The summed E-state index contributed by atoms with van der Waals surface area (Å²) in [6.07, 6.45) is 1.98. The molecule has 1 amide bonds. The zero-order valence-electron chi connectivity index (χ0n) is 17.6. The molecule has 0 atom stereocenters. The minimum atomic E-state index is -0.198. The van der Waals surface area contributed by atoms with E-state index in [1.807, 2.05) is 23.6 Å². The number of likely N-dealkylation sites (N-methyl/N-ethyl adjacent to an activating group) is 1. The number of nitrogens with one attached hydrogen (secondary N) is 2. The van der Waals surface area contributed by atoms with Crippen molar-refractivity contribution < 1.29 is 9.18 Å². The van der Waals surface area contributed by atoms with E-state index in [1.165, 1.54) is 17.0 Å². The number of hydrogen-bond acceptors (Lipinski definition) is 4. The van der Waals surface area contributed by atoms with Gasteiger partial charge in [-0.05, 0) is 42.0 Å². The molecule has 0 aliphatic carbocycles. The SMILES string of the molecule is CN(C)C(=O)CN=C(NCc1cccs1)NC1CCN(Cc2ccc(F)cc2)CC1. The van der Waals surface area contributed by atoms with E-state index in [-0.39, 0.29) is 18.3 Å². The predicted octanol–water partition coefficient (Wildman–Crippen LogP) is 2.68. The van der Waals surface area contributed by atoms with Gasteiger partial charge in [0, 0.05) is 44.6 Å². The molecule has 1 saturated heterocycles. The smallest absolute Gasteiger partial charge is 0.243 e. The predicted molar refractivity (Wildman–Crippen MR) is 120 cm³/mol. The van der Waals surface area contributed by atoms with Gasteiger partial charge < -0.3 is 15.5 Å². The number of piperidine rings is 1. The van der Waals surface area contributed by atoms with Gasteiger partial charge >= 0.3 is 0 Å². The summed E-state index contributed by atoms with van der Waals surface area (Å²) in [7, 11) is 3.47. The Morgan fingerprint density at radius 3 is 2.60 bits per heavy atom. The average Bonchev–Trinajstić information content (AvgIpc) is 3.26. The number of aliphatic imine (C=N–C) groups is 1. The van der Waals surface area contributed by atoms with Crippen LogP contribution in [0.15, 0.2) is 46.8 Å². The minimum absolute atomic E-state index is 0.0265. The topological polar surface area (TPSA) is 60.0 Å². The summed E-state index contributed by atoms with van der Waals surface area (Å²) in [4.78, 5) is 21.6. The lowest BCUT2D eigenvalue weighted by molar-refractivity contribution is -0.127. The molecule has 0 radical (unpaired) electrons. The number of thiophene rings is 1. The van der Waals surface area contributed by atoms with Gasteiger partial charge in [-0.15, -0.1) is 11.3 Å². The maximum absolute atomic E-state index is 13.1. The Morgan fingerprint density at radius 2 is 1.97 bits per heavy atom. The Hall–Kier alpha value is -2.45. The molecule has 1 fully saturated rings. The lowest BCUT2D eigenvalue weighted by atomic mass is 10.0. The highest BCUT2D eigenvalue weighted by molar-refractivity contribution is 7.09. The van der Waals surface area contributed by atoms with Crippen LogP contribution in [0.25, 0.3) is 0 Å². The van der Waals surface area contributed by atoms with E-state index in [1.54, 1.807) is 30.3 Å². The van der Waals surface area contributed by atoms with Gasteiger partial charge in [0.1, 0.15) is 12.4 Å². The van der Waals surface area contributed by atoms with Gasteiger partial charge in [-0.25, -0.2) is 9.38 Å². The zero-order chi connectivity index (χ0) is 21.3. The van der Waals surface area contributed by atoms with Crippen LogP contribution >= 0.6 is 11.3 Å². The molecule has 8 heteroatoms. The van der Waals surface area contributed by atoms with Crippen molar-refractivity contribution >= 4 is 23.2 Å². The number of nitrogens with zero attached hydrogens (tertiary/aromatic N) is 3. The fourth-order valence-corrected chi connectivity index (χ4v) is 3.95. The van der Waals surface area contributed by atoms with E-state index >= 15 is 0 Å². The van der Waals surface area contributed by atoms with Crippen LogP contribution < -0.4 is 10.6 Å². The first kappa shape index (κ1) is 22.2. The molecule has 1 aliphatic heterocycles. The molecule has 0 spiro atoms. The lowest BCUT2D eigenvalue weighted by Gasteiger charge is -2.33. The van der Waals surface area contributed by atoms with Crippen LogP contribution in [-0.2, 0) is 17.9 Å². The number of amides is 1. The van der Waals surface area contributed by atoms with Crippen LogP contribution in [0.3, 0.4) is 0 Å². The molecule has 1 aliphatic rings. The highest BCUT2D eigenvalue weighted by Crippen LogP contribution is 2.14. The summed E-state index contributed by atoms with van der Waals surface area (Å²) in [5.74, 6) is 0.452. The summed E-state index contributed by atoms with van der Waals surface area (Å²) in [5, 5.41) is 8.90. The molecule has 0 unspecified atom stereocenters. The Morgan fingerprint density at radius 1 is 1.23 bits per heavy atom. The molecule has 2 heterocycles. The normalized spacial score (nSPS) is 15.8. The molecule has 3 rings (SSSR count). The Bertz CT molecular complexity index is 815. The number of halogens is 1. The maximum atomic E-state index is 13.1. The Balaban J connectivity index is 1.51. The van der Waals surface area contributed by atoms with Crippen molar-refractivity contribution in [3.8, 4) is 0 Å². The summed E-state index contributed by atoms with van der Waals surface area (Å²) in [5.41, 5.74) is 1.13. The van der Waals surface area contributed by atoms with Crippen molar-refractivity contribution in [3.05, 3.63) is 58.0 Å². The van der Waals surface area contributed by atoms with Crippen molar-refractivity contribution in [1.29, 1.82) is 0 Å². The quantitative estimate of drug-likeness (QED) is 0.523. The van der Waals surface area contributed by atoms with Gasteiger partial charge in [-0.3, -0.25) is 9.69 Å². The van der Waals surface area contributed by atoms with Crippen molar-refractivity contribution in [2.24, 2.45) is 4.99 Å². The van der Waals surface area contributed by atoms with Gasteiger partial charge in [0.15, 0.2) is 5.96 Å². The molecule has 2 aromatic rings. The Kier molecular flexibility index (Phi) is 8.21. The fraction of sp³-hybridized carbons (Fsp3) is 0.455. The molecule has 6 nitrogen and oxygen atoms in total. The average molecular weight is 432 g/mol. The monoisotopic (exact) mass is 431 g/mol. The highest BCUT2D eigenvalue weighted by Gasteiger charge is 2.20. The Labute approximate surface area is 181 Å². The summed E-state index contributed by atoms with van der Waals surface area (Å²) in [6, 6.07) is 11.1. The van der Waals surface area contributed by atoms with Crippen LogP contribution in [0.5, 0.6) is 0 Å².